The van der Waals surface area contributed by atoms with Crippen LogP contribution in [0.2, 0.25) is 0 Å². The van der Waals surface area contributed by atoms with Gasteiger partial charge in [-0.05, 0) is 12.5 Å². The van der Waals surface area contributed by atoms with Crippen molar-refractivity contribution in [2.24, 2.45) is 5.92 Å². The molecule has 2 aliphatic heterocycles. The quantitative estimate of drug-likeness (QED) is 0.888. The smallest absolute Gasteiger partial charge is 0.308 e. The molecular weight excluding hydrogens is 258 g/mol. The summed E-state index contributed by atoms with van der Waals surface area (Å²) in [6, 6.07) is 7.65. The highest BCUT2D eigenvalue weighted by Crippen LogP contribution is 2.38. The number of para-hydroxylation sites is 1. The lowest BCUT2D eigenvalue weighted by atomic mass is 9.97. The van der Waals surface area contributed by atoms with E-state index in [9.17, 15) is 9.59 Å². The highest BCUT2D eigenvalue weighted by molar-refractivity contribution is 5.84. The van der Waals surface area contributed by atoms with Gasteiger partial charge in [-0.3, -0.25) is 9.59 Å². The van der Waals surface area contributed by atoms with Crippen LogP contribution in [0.1, 0.15) is 24.8 Å². The molecule has 20 heavy (non-hydrogen) atoms. The van der Waals surface area contributed by atoms with Crippen molar-refractivity contribution in [2.75, 3.05) is 13.1 Å². The minimum absolute atomic E-state index is 0.00239. The van der Waals surface area contributed by atoms with Gasteiger partial charge < -0.3 is 14.7 Å². The molecule has 2 aliphatic rings. The van der Waals surface area contributed by atoms with Crippen molar-refractivity contribution in [3.05, 3.63) is 29.8 Å². The number of aliphatic carboxylic acids is 1. The Bertz CT molecular complexity index is 557. The summed E-state index contributed by atoms with van der Waals surface area (Å²) >= 11 is 0. The summed E-state index contributed by atoms with van der Waals surface area (Å²) in [7, 11) is 0. The highest BCUT2D eigenvalue weighted by atomic mass is 16.5. The number of nitrogens with zero attached hydrogens (tertiary/aromatic N) is 1. The van der Waals surface area contributed by atoms with E-state index < -0.39 is 18.0 Å². The fourth-order valence-corrected chi connectivity index (χ4v) is 2.97. The second-order valence-corrected chi connectivity index (χ2v) is 5.47. The van der Waals surface area contributed by atoms with E-state index >= 15 is 0 Å². The molecule has 0 spiro atoms. The van der Waals surface area contributed by atoms with Gasteiger partial charge in [-0.1, -0.05) is 25.1 Å². The van der Waals surface area contributed by atoms with E-state index in [1.165, 1.54) is 0 Å². The zero-order valence-electron chi connectivity index (χ0n) is 11.3. The second-order valence-electron chi connectivity index (χ2n) is 5.47. The Morgan fingerprint density at radius 3 is 2.75 bits per heavy atom. The number of hydrogen-bond acceptors (Lipinski definition) is 3. The van der Waals surface area contributed by atoms with Gasteiger partial charge in [0.1, 0.15) is 5.75 Å². The number of fused-ring (bicyclic) bond motifs is 1. The topological polar surface area (TPSA) is 66.8 Å². The first-order valence-corrected chi connectivity index (χ1v) is 6.85. The first-order chi connectivity index (χ1) is 9.58. The molecule has 5 heteroatoms. The van der Waals surface area contributed by atoms with Crippen molar-refractivity contribution in [1.29, 1.82) is 0 Å². The number of carboxylic acids is 1. The summed E-state index contributed by atoms with van der Waals surface area (Å²) < 4.78 is 5.75. The molecule has 3 rings (SSSR count). The van der Waals surface area contributed by atoms with Crippen molar-refractivity contribution >= 4 is 11.9 Å². The number of ether oxygens (including phenoxy) is 1. The normalized spacial score (nSPS) is 28.1. The Hall–Kier alpha value is -2.04. The van der Waals surface area contributed by atoms with Crippen LogP contribution in [-0.4, -0.2) is 41.1 Å². The Kier molecular flexibility index (Phi) is 3.12. The maximum Gasteiger partial charge on any atom is 0.308 e. The van der Waals surface area contributed by atoms with Gasteiger partial charge in [-0.2, -0.15) is 0 Å². The zero-order valence-corrected chi connectivity index (χ0v) is 11.3. The average Bonchev–Trinajstić information content (AvgIpc) is 3.04. The minimum atomic E-state index is -0.830. The molecule has 1 N–H and O–H groups in total. The number of hydrogen-bond donors (Lipinski definition) is 1. The van der Waals surface area contributed by atoms with Crippen molar-refractivity contribution in [1.82, 2.24) is 4.90 Å². The Morgan fingerprint density at radius 1 is 1.35 bits per heavy atom. The van der Waals surface area contributed by atoms with E-state index in [1.54, 1.807) is 4.90 Å². The number of carbonyl (C=O) groups is 2. The summed E-state index contributed by atoms with van der Waals surface area (Å²) in [5.41, 5.74) is 1.04. The fraction of sp³-hybridized carbons (Fsp3) is 0.467. The first kappa shape index (κ1) is 13.0. The van der Waals surface area contributed by atoms with Crippen LogP contribution in [0.25, 0.3) is 0 Å². The van der Waals surface area contributed by atoms with Crippen LogP contribution < -0.4 is 4.74 Å². The highest BCUT2D eigenvalue weighted by Gasteiger charge is 2.41. The Balaban J connectivity index is 1.73. The van der Waals surface area contributed by atoms with Crippen LogP contribution in [0.5, 0.6) is 5.75 Å². The number of carbonyl (C=O) groups excluding carboxylic acids is 1. The minimum Gasteiger partial charge on any atom is -0.481 e. The third kappa shape index (κ3) is 2.03. The molecule has 0 aliphatic carbocycles. The number of likely N-dealkylation sites (tertiary alicyclic amines) is 1. The number of benzene rings is 1. The van der Waals surface area contributed by atoms with Crippen LogP contribution >= 0.6 is 0 Å². The van der Waals surface area contributed by atoms with Crippen LogP contribution in [0, 0.1) is 5.92 Å². The standard InChI is InChI=1S/C15H17NO4/c1-9-11-4-2-3-5-12(11)20-13(9)14(17)16-7-6-10(8-16)15(18)19/h2-5,9-10,13H,6-8H2,1H3,(H,18,19)/t9-,10-,13+/m1/s1. The van der Waals surface area contributed by atoms with Crippen molar-refractivity contribution < 1.29 is 19.4 Å². The molecule has 0 bridgehead atoms. The molecule has 1 fully saturated rings. The molecule has 0 radical (unpaired) electrons. The first-order valence-electron chi connectivity index (χ1n) is 6.85. The van der Waals surface area contributed by atoms with Crippen molar-refractivity contribution in [3.63, 3.8) is 0 Å². The molecule has 0 saturated carbocycles. The Morgan fingerprint density at radius 2 is 2.10 bits per heavy atom. The van der Waals surface area contributed by atoms with Gasteiger partial charge in [0, 0.05) is 24.6 Å². The van der Waals surface area contributed by atoms with E-state index in [-0.39, 0.29) is 18.4 Å². The molecule has 5 nitrogen and oxygen atoms in total. The molecular formula is C15H17NO4. The van der Waals surface area contributed by atoms with E-state index in [4.69, 9.17) is 9.84 Å². The molecule has 1 aromatic carbocycles. The van der Waals surface area contributed by atoms with E-state index in [0.717, 1.165) is 11.3 Å². The van der Waals surface area contributed by atoms with E-state index in [2.05, 4.69) is 0 Å². The predicted octanol–water partition coefficient (Wildman–Crippen LogP) is 1.48. The maximum absolute atomic E-state index is 12.5. The van der Waals surface area contributed by atoms with Crippen molar-refractivity contribution in [2.45, 2.75) is 25.4 Å². The van der Waals surface area contributed by atoms with Crippen LogP contribution in [0.15, 0.2) is 24.3 Å². The third-order valence-corrected chi connectivity index (χ3v) is 4.21. The zero-order chi connectivity index (χ0) is 14.3. The molecule has 1 aromatic rings. The van der Waals surface area contributed by atoms with Gasteiger partial charge in [0.15, 0.2) is 6.10 Å². The van der Waals surface area contributed by atoms with Gasteiger partial charge in [-0.25, -0.2) is 0 Å². The largest absolute Gasteiger partial charge is 0.481 e. The lowest BCUT2D eigenvalue weighted by Crippen LogP contribution is -2.41. The van der Waals surface area contributed by atoms with Gasteiger partial charge in [0.2, 0.25) is 0 Å². The number of carboxylic acid groups (broad SMARTS) is 1. The fourth-order valence-electron chi connectivity index (χ4n) is 2.97. The molecule has 106 valence electrons. The van der Waals surface area contributed by atoms with Gasteiger partial charge in [0.05, 0.1) is 5.92 Å². The summed E-state index contributed by atoms with van der Waals surface area (Å²) in [6.45, 7) is 2.76. The lowest BCUT2D eigenvalue weighted by Gasteiger charge is -2.22. The summed E-state index contributed by atoms with van der Waals surface area (Å²) in [4.78, 5) is 25.1. The molecule has 0 unspecified atom stereocenters. The SMILES string of the molecule is C[C@@H]1c2ccccc2O[C@@H]1C(=O)N1CC[C@@H](C(=O)O)C1. The van der Waals surface area contributed by atoms with Crippen LogP contribution in [0.3, 0.4) is 0 Å². The summed E-state index contributed by atoms with van der Waals surface area (Å²) in [6.07, 6.45) is -0.00489. The number of amides is 1. The molecule has 1 saturated heterocycles. The Labute approximate surface area is 117 Å². The summed E-state index contributed by atoms with van der Waals surface area (Å²) in [5, 5.41) is 9.00. The molecule has 3 atom stereocenters. The second kappa shape index (κ2) is 4.81. The van der Waals surface area contributed by atoms with Crippen molar-refractivity contribution in [3.8, 4) is 5.75 Å². The summed E-state index contributed by atoms with van der Waals surface area (Å²) in [5.74, 6) is -0.616. The molecule has 1 amide bonds. The average molecular weight is 275 g/mol. The number of rotatable bonds is 2. The predicted molar refractivity (Wildman–Crippen MR) is 71.6 cm³/mol. The van der Waals surface area contributed by atoms with E-state index in [1.807, 2.05) is 31.2 Å². The van der Waals surface area contributed by atoms with Crippen LogP contribution in [0.4, 0.5) is 0 Å². The van der Waals surface area contributed by atoms with Gasteiger partial charge in [-0.15, -0.1) is 0 Å². The van der Waals surface area contributed by atoms with Crippen LogP contribution in [-0.2, 0) is 9.59 Å². The molecule has 2 heterocycles. The maximum atomic E-state index is 12.5. The monoisotopic (exact) mass is 275 g/mol. The van der Waals surface area contributed by atoms with Gasteiger partial charge in [0.25, 0.3) is 5.91 Å². The third-order valence-electron chi connectivity index (χ3n) is 4.21. The lowest BCUT2D eigenvalue weighted by molar-refractivity contribution is -0.142. The molecule has 0 aromatic heterocycles. The van der Waals surface area contributed by atoms with Gasteiger partial charge >= 0.3 is 5.97 Å². The van der Waals surface area contributed by atoms with E-state index in [0.29, 0.717) is 13.0 Å².